The summed E-state index contributed by atoms with van der Waals surface area (Å²) in [6.07, 6.45) is 1.11. The minimum atomic E-state index is -3.62. The quantitative estimate of drug-likeness (QED) is 0.726. The highest BCUT2D eigenvalue weighted by molar-refractivity contribution is 7.99. The molecule has 5 nitrogen and oxygen atoms in total. The molecule has 7 heteroatoms. The zero-order chi connectivity index (χ0) is 19.3. The van der Waals surface area contributed by atoms with E-state index in [1.54, 1.807) is 36.9 Å². The molecule has 0 saturated heterocycles. The second kappa shape index (κ2) is 8.60. The molecule has 0 aromatic heterocycles. The molecule has 0 spiro atoms. The fourth-order valence-electron chi connectivity index (χ4n) is 2.66. The third-order valence-corrected chi connectivity index (χ3v) is 5.99. The Kier molecular flexibility index (Phi) is 6.72. The molecule has 1 N–H and O–H groups in total. The smallest absolute Gasteiger partial charge is 0.248 e. The number of anilines is 2. The Morgan fingerprint density at radius 3 is 2.50 bits per heavy atom. The van der Waals surface area contributed by atoms with Crippen LogP contribution in [-0.4, -0.2) is 32.4 Å². The van der Waals surface area contributed by atoms with Crippen LogP contribution in [0.5, 0.6) is 0 Å². The number of sulfonamides is 1. The van der Waals surface area contributed by atoms with Crippen molar-refractivity contribution in [1.82, 2.24) is 0 Å². The van der Waals surface area contributed by atoms with Crippen LogP contribution in [0.2, 0.25) is 0 Å². The van der Waals surface area contributed by atoms with Gasteiger partial charge in [-0.2, -0.15) is 0 Å². The average molecular weight is 393 g/mol. The van der Waals surface area contributed by atoms with Crippen molar-refractivity contribution in [3.8, 4) is 0 Å². The molecular formula is C19H24N2O3S2. The van der Waals surface area contributed by atoms with E-state index in [1.807, 2.05) is 44.2 Å². The fourth-order valence-corrected chi connectivity index (χ4v) is 4.59. The molecule has 0 bridgehead atoms. The maximum atomic E-state index is 12.8. The highest BCUT2D eigenvalue weighted by Crippen LogP contribution is 2.28. The molecule has 2 aromatic rings. The van der Waals surface area contributed by atoms with Crippen LogP contribution in [0.1, 0.15) is 19.4 Å². The zero-order valence-electron chi connectivity index (χ0n) is 15.4. The van der Waals surface area contributed by atoms with Crippen molar-refractivity contribution < 1.29 is 13.2 Å². The molecule has 1 atom stereocenters. The van der Waals surface area contributed by atoms with Crippen LogP contribution in [0.3, 0.4) is 0 Å². The van der Waals surface area contributed by atoms with Gasteiger partial charge in [-0.15, -0.1) is 11.8 Å². The van der Waals surface area contributed by atoms with Crippen LogP contribution >= 0.6 is 11.8 Å². The number of nitrogens with zero attached hydrogens (tertiary/aromatic N) is 1. The van der Waals surface area contributed by atoms with Crippen LogP contribution in [-0.2, 0) is 14.8 Å². The van der Waals surface area contributed by atoms with E-state index in [4.69, 9.17) is 0 Å². The van der Waals surface area contributed by atoms with E-state index in [0.29, 0.717) is 11.4 Å². The molecule has 0 aliphatic rings. The third kappa shape index (κ3) is 5.02. The van der Waals surface area contributed by atoms with E-state index in [1.165, 1.54) is 0 Å². The molecule has 0 aliphatic heterocycles. The number of rotatable bonds is 7. The number of benzene rings is 2. The summed E-state index contributed by atoms with van der Waals surface area (Å²) in [5.74, 6) is 0.502. The van der Waals surface area contributed by atoms with Crippen molar-refractivity contribution in [1.29, 1.82) is 0 Å². The topological polar surface area (TPSA) is 66.5 Å². The first-order valence-electron chi connectivity index (χ1n) is 8.32. The molecule has 2 aromatic carbocycles. The lowest BCUT2D eigenvalue weighted by molar-refractivity contribution is -0.116. The van der Waals surface area contributed by atoms with Crippen LogP contribution < -0.4 is 9.62 Å². The van der Waals surface area contributed by atoms with E-state index in [2.05, 4.69) is 5.32 Å². The number of thioether (sulfide) groups is 1. The van der Waals surface area contributed by atoms with Gasteiger partial charge < -0.3 is 5.32 Å². The molecule has 0 unspecified atom stereocenters. The molecule has 0 fully saturated rings. The van der Waals surface area contributed by atoms with Gasteiger partial charge in [0.05, 0.1) is 17.6 Å². The van der Waals surface area contributed by atoms with Gasteiger partial charge in [0.15, 0.2) is 0 Å². The highest BCUT2D eigenvalue weighted by Gasteiger charge is 2.29. The lowest BCUT2D eigenvalue weighted by Crippen LogP contribution is -2.45. The van der Waals surface area contributed by atoms with Gasteiger partial charge in [-0.1, -0.05) is 31.2 Å². The number of nitrogens with one attached hydrogen (secondary N) is 1. The monoisotopic (exact) mass is 392 g/mol. The Morgan fingerprint density at radius 1 is 1.19 bits per heavy atom. The predicted octanol–water partition coefficient (Wildman–Crippen LogP) is 3.90. The maximum Gasteiger partial charge on any atom is 0.248 e. The molecule has 0 heterocycles. The first kappa shape index (κ1) is 20.3. The van der Waals surface area contributed by atoms with Gasteiger partial charge in [-0.3, -0.25) is 9.10 Å². The first-order chi connectivity index (χ1) is 12.2. The summed E-state index contributed by atoms with van der Waals surface area (Å²) in [6.45, 7) is 5.51. The summed E-state index contributed by atoms with van der Waals surface area (Å²) in [6, 6.07) is 13.7. The lowest BCUT2D eigenvalue weighted by Gasteiger charge is -2.28. The minimum Gasteiger partial charge on any atom is -0.323 e. The summed E-state index contributed by atoms with van der Waals surface area (Å²) in [5.41, 5.74) is 2.09. The molecule has 0 aliphatic carbocycles. The van der Waals surface area contributed by atoms with Crippen LogP contribution in [0.25, 0.3) is 0 Å². The SMILES string of the molecule is CCSc1ccccc1NC(=O)[C@H](C)N(c1cccc(C)c1)S(C)(=O)=O. The summed E-state index contributed by atoms with van der Waals surface area (Å²) in [4.78, 5) is 13.7. The Balaban J connectivity index is 2.32. The van der Waals surface area contributed by atoms with E-state index in [-0.39, 0.29) is 5.91 Å². The fraction of sp³-hybridized carbons (Fsp3) is 0.316. The van der Waals surface area contributed by atoms with E-state index in [9.17, 15) is 13.2 Å². The van der Waals surface area contributed by atoms with Gasteiger partial charge in [0.1, 0.15) is 6.04 Å². The number of carbonyl (C=O) groups is 1. The number of amides is 1. The Labute approximate surface area is 159 Å². The maximum absolute atomic E-state index is 12.8. The van der Waals surface area contributed by atoms with Crippen molar-refractivity contribution >= 4 is 39.1 Å². The molecular weight excluding hydrogens is 368 g/mol. The first-order valence-corrected chi connectivity index (χ1v) is 11.2. The minimum absolute atomic E-state index is 0.374. The van der Waals surface area contributed by atoms with Crippen molar-refractivity contribution in [2.75, 3.05) is 21.6 Å². The molecule has 1 amide bonds. The van der Waals surface area contributed by atoms with Crippen molar-refractivity contribution in [3.05, 3.63) is 54.1 Å². The van der Waals surface area contributed by atoms with Crippen molar-refractivity contribution in [3.63, 3.8) is 0 Å². The number of carbonyl (C=O) groups excluding carboxylic acids is 1. The molecule has 0 radical (unpaired) electrons. The zero-order valence-corrected chi connectivity index (χ0v) is 17.0. The van der Waals surface area contributed by atoms with Crippen LogP contribution in [0, 0.1) is 6.92 Å². The third-order valence-electron chi connectivity index (χ3n) is 3.79. The van der Waals surface area contributed by atoms with Gasteiger partial charge in [0.25, 0.3) is 0 Å². The second-order valence-electron chi connectivity index (χ2n) is 5.99. The summed E-state index contributed by atoms with van der Waals surface area (Å²) < 4.78 is 25.9. The predicted molar refractivity (Wildman–Crippen MR) is 109 cm³/mol. The summed E-state index contributed by atoms with van der Waals surface area (Å²) >= 11 is 1.62. The van der Waals surface area contributed by atoms with Crippen molar-refractivity contribution in [2.45, 2.75) is 31.7 Å². The van der Waals surface area contributed by atoms with E-state index in [0.717, 1.165) is 26.8 Å². The van der Waals surface area contributed by atoms with Gasteiger partial charge in [-0.05, 0) is 49.4 Å². The van der Waals surface area contributed by atoms with E-state index < -0.39 is 16.1 Å². The van der Waals surface area contributed by atoms with Crippen LogP contribution in [0.15, 0.2) is 53.4 Å². The normalized spacial score (nSPS) is 12.5. The Morgan fingerprint density at radius 2 is 1.88 bits per heavy atom. The standard InChI is InChI=1S/C19H24N2O3S2/c1-5-25-18-12-7-6-11-17(18)20-19(22)15(3)21(26(4,23)24)16-10-8-9-14(2)13-16/h6-13,15H,5H2,1-4H3,(H,20,22)/t15-/m0/s1. The van der Waals surface area contributed by atoms with Gasteiger partial charge >= 0.3 is 0 Å². The molecule has 26 heavy (non-hydrogen) atoms. The Hall–Kier alpha value is -1.99. The lowest BCUT2D eigenvalue weighted by atomic mass is 10.2. The van der Waals surface area contributed by atoms with Crippen molar-refractivity contribution in [2.24, 2.45) is 0 Å². The summed E-state index contributed by atoms with van der Waals surface area (Å²) in [5, 5.41) is 2.87. The number of aryl methyl sites for hydroxylation is 1. The van der Waals surface area contributed by atoms with Gasteiger partial charge in [-0.25, -0.2) is 8.42 Å². The molecule has 2 rings (SSSR count). The average Bonchev–Trinajstić information content (AvgIpc) is 2.55. The van der Waals surface area contributed by atoms with E-state index >= 15 is 0 Å². The molecule has 140 valence electrons. The number of hydrogen-bond donors (Lipinski definition) is 1. The Bertz CT molecular complexity index is 882. The highest BCUT2D eigenvalue weighted by atomic mass is 32.2. The summed E-state index contributed by atoms with van der Waals surface area (Å²) in [7, 11) is -3.62. The largest absolute Gasteiger partial charge is 0.323 e. The number of hydrogen-bond acceptors (Lipinski definition) is 4. The van der Waals surface area contributed by atoms with Gasteiger partial charge in [0.2, 0.25) is 15.9 Å². The van der Waals surface area contributed by atoms with Gasteiger partial charge in [0, 0.05) is 4.90 Å². The van der Waals surface area contributed by atoms with Crippen LogP contribution in [0.4, 0.5) is 11.4 Å². The second-order valence-corrected chi connectivity index (χ2v) is 9.16. The number of para-hydroxylation sites is 1. The molecule has 0 saturated carbocycles.